The van der Waals surface area contributed by atoms with E-state index in [0.29, 0.717) is 16.3 Å². The smallest absolute Gasteiger partial charge is 0.160 e. The zero-order chi connectivity index (χ0) is 16.3. The van der Waals surface area contributed by atoms with E-state index in [9.17, 15) is 12.8 Å². The molecule has 2 aromatic carbocycles. The Morgan fingerprint density at radius 2 is 1.65 bits per heavy atom. The second-order valence-electron chi connectivity index (χ2n) is 5.14. The molecule has 0 fully saturated rings. The van der Waals surface area contributed by atoms with Crippen LogP contribution in [0.5, 0.6) is 0 Å². The fraction of sp³-hybridized carbons (Fsp3) is 0.118. The highest BCUT2D eigenvalue weighted by atomic mass is 32.2. The Hall–Kier alpha value is -2.05. The van der Waals surface area contributed by atoms with E-state index in [1.807, 2.05) is 18.2 Å². The van der Waals surface area contributed by atoms with Crippen molar-refractivity contribution in [3.63, 3.8) is 0 Å². The first-order valence-electron chi connectivity index (χ1n) is 6.97. The van der Waals surface area contributed by atoms with Gasteiger partial charge in [0.25, 0.3) is 0 Å². The van der Waals surface area contributed by atoms with E-state index in [1.54, 1.807) is 35.7 Å². The van der Waals surface area contributed by atoms with Crippen molar-refractivity contribution >= 4 is 21.2 Å². The van der Waals surface area contributed by atoms with E-state index >= 15 is 0 Å². The topological polar surface area (TPSA) is 47.0 Å². The first-order chi connectivity index (χ1) is 11.0. The molecule has 3 aromatic rings. The van der Waals surface area contributed by atoms with Gasteiger partial charge >= 0.3 is 0 Å². The maximum Gasteiger partial charge on any atom is 0.160 e. The number of nitrogens with zero attached hydrogens (tertiary/aromatic N) is 1. The van der Waals surface area contributed by atoms with Crippen molar-refractivity contribution in [1.82, 2.24) is 4.98 Å². The highest BCUT2D eigenvalue weighted by molar-refractivity contribution is 7.89. The van der Waals surface area contributed by atoms with Crippen molar-refractivity contribution in [3.8, 4) is 10.6 Å². The largest absolute Gasteiger partial charge is 0.240 e. The Kier molecular flexibility index (Phi) is 4.54. The van der Waals surface area contributed by atoms with E-state index in [0.717, 1.165) is 5.56 Å². The van der Waals surface area contributed by atoms with E-state index in [1.165, 1.54) is 17.4 Å². The van der Waals surface area contributed by atoms with Crippen molar-refractivity contribution in [2.45, 2.75) is 11.5 Å². The number of hydrogen-bond donors (Lipinski definition) is 0. The molecule has 0 atom stereocenters. The van der Waals surface area contributed by atoms with Crippen LogP contribution in [0.3, 0.4) is 0 Å². The lowest BCUT2D eigenvalue weighted by molar-refractivity contribution is 0.594. The number of hydrogen-bond acceptors (Lipinski definition) is 4. The fourth-order valence-electron chi connectivity index (χ4n) is 2.24. The van der Waals surface area contributed by atoms with E-state index < -0.39 is 9.84 Å². The summed E-state index contributed by atoms with van der Waals surface area (Å²) in [6.07, 6.45) is 0. The molecule has 0 spiro atoms. The van der Waals surface area contributed by atoms with Crippen LogP contribution in [0.15, 0.2) is 60.0 Å². The van der Waals surface area contributed by atoms with E-state index in [4.69, 9.17) is 0 Å². The molecule has 3 rings (SSSR count). The Morgan fingerprint density at radius 1 is 0.957 bits per heavy atom. The third kappa shape index (κ3) is 4.03. The minimum atomic E-state index is -3.32. The monoisotopic (exact) mass is 347 g/mol. The Labute approximate surface area is 138 Å². The second kappa shape index (κ2) is 6.60. The third-order valence-corrected chi connectivity index (χ3v) is 5.69. The minimum Gasteiger partial charge on any atom is -0.240 e. The molecule has 0 saturated carbocycles. The lowest BCUT2D eigenvalue weighted by Crippen LogP contribution is -2.07. The maximum absolute atomic E-state index is 13.8. The van der Waals surface area contributed by atoms with Gasteiger partial charge in [0, 0.05) is 10.9 Å². The molecule has 0 N–H and O–H groups in total. The summed E-state index contributed by atoms with van der Waals surface area (Å²) in [6.45, 7) is 0. The first kappa shape index (κ1) is 15.8. The molecule has 0 radical (unpaired) electrons. The van der Waals surface area contributed by atoms with Crippen LogP contribution in [0.1, 0.15) is 11.3 Å². The zero-order valence-corrected chi connectivity index (χ0v) is 13.8. The number of halogens is 1. The summed E-state index contributed by atoms with van der Waals surface area (Å²) in [4.78, 5) is 4.27. The predicted molar refractivity (Wildman–Crippen MR) is 90.3 cm³/mol. The van der Waals surface area contributed by atoms with Crippen molar-refractivity contribution in [1.29, 1.82) is 0 Å². The predicted octanol–water partition coefficient (Wildman–Crippen LogP) is 4.06. The van der Waals surface area contributed by atoms with Crippen LogP contribution in [0.25, 0.3) is 10.6 Å². The molecule has 0 aliphatic heterocycles. The van der Waals surface area contributed by atoms with Gasteiger partial charge in [-0.1, -0.05) is 42.5 Å². The fourth-order valence-corrected chi connectivity index (χ4v) is 4.59. The standard InChI is InChI=1S/C17H14FNO2S2/c18-16-9-5-4-8-15(16)17-19-14(10-22-17)12-23(20,21)11-13-6-2-1-3-7-13/h1-10H,11-12H2. The Morgan fingerprint density at radius 3 is 2.39 bits per heavy atom. The summed E-state index contributed by atoms with van der Waals surface area (Å²) in [6, 6.07) is 15.4. The van der Waals surface area contributed by atoms with Gasteiger partial charge < -0.3 is 0 Å². The average molecular weight is 347 g/mol. The van der Waals surface area contributed by atoms with Gasteiger partial charge in [-0.25, -0.2) is 17.8 Å². The lowest BCUT2D eigenvalue weighted by atomic mass is 10.2. The van der Waals surface area contributed by atoms with Gasteiger partial charge in [0.15, 0.2) is 9.84 Å². The summed E-state index contributed by atoms with van der Waals surface area (Å²) >= 11 is 1.25. The van der Waals surface area contributed by atoms with Crippen LogP contribution in [0.4, 0.5) is 4.39 Å². The summed E-state index contributed by atoms with van der Waals surface area (Å²) < 4.78 is 38.3. The minimum absolute atomic E-state index is 0.0274. The molecule has 23 heavy (non-hydrogen) atoms. The van der Waals surface area contributed by atoms with Crippen LogP contribution in [0, 0.1) is 5.82 Å². The molecule has 0 aliphatic carbocycles. The van der Waals surface area contributed by atoms with Gasteiger partial charge in [0.05, 0.1) is 17.2 Å². The van der Waals surface area contributed by atoms with Gasteiger partial charge in [-0.3, -0.25) is 0 Å². The van der Waals surface area contributed by atoms with Crippen LogP contribution in [0.2, 0.25) is 0 Å². The van der Waals surface area contributed by atoms with Crippen molar-refractivity contribution in [2.75, 3.05) is 0 Å². The highest BCUT2D eigenvalue weighted by Crippen LogP contribution is 2.27. The van der Waals surface area contributed by atoms with E-state index in [-0.39, 0.29) is 17.3 Å². The van der Waals surface area contributed by atoms with Crippen LogP contribution >= 0.6 is 11.3 Å². The number of sulfone groups is 1. The zero-order valence-electron chi connectivity index (χ0n) is 12.1. The quantitative estimate of drug-likeness (QED) is 0.699. The second-order valence-corrected chi connectivity index (χ2v) is 8.06. The molecule has 0 saturated heterocycles. The molecule has 6 heteroatoms. The highest BCUT2D eigenvalue weighted by Gasteiger charge is 2.16. The van der Waals surface area contributed by atoms with Crippen LogP contribution in [-0.4, -0.2) is 13.4 Å². The first-order valence-corrected chi connectivity index (χ1v) is 9.67. The molecule has 0 aliphatic rings. The number of benzene rings is 2. The average Bonchev–Trinajstić information content (AvgIpc) is 2.95. The van der Waals surface area contributed by atoms with Crippen LogP contribution in [-0.2, 0) is 21.3 Å². The molecular formula is C17H14FNO2S2. The summed E-state index contributed by atoms with van der Waals surface area (Å²) in [5, 5.41) is 2.16. The Balaban J connectivity index is 1.78. The van der Waals surface area contributed by atoms with Crippen molar-refractivity contribution in [3.05, 3.63) is 77.1 Å². The maximum atomic E-state index is 13.8. The van der Waals surface area contributed by atoms with Gasteiger partial charge in [0.1, 0.15) is 10.8 Å². The molecule has 118 valence electrons. The normalized spacial score (nSPS) is 11.5. The SMILES string of the molecule is O=S(=O)(Cc1ccccc1)Cc1csc(-c2ccccc2F)n1. The van der Waals surface area contributed by atoms with E-state index in [2.05, 4.69) is 4.98 Å². The molecule has 1 heterocycles. The molecule has 0 bridgehead atoms. The summed E-state index contributed by atoms with van der Waals surface area (Å²) in [5.41, 5.74) is 1.59. The molecule has 0 unspecified atom stereocenters. The summed E-state index contributed by atoms with van der Waals surface area (Å²) in [7, 11) is -3.32. The summed E-state index contributed by atoms with van der Waals surface area (Å²) in [5.74, 6) is -0.534. The molecule has 0 amide bonds. The van der Waals surface area contributed by atoms with Gasteiger partial charge in [0.2, 0.25) is 0 Å². The van der Waals surface area contributed by atoms with Crippen molar-refractivity contribution in [2.24, 2.45) is 0 Å². The van der Waals surface area contributed by atoms with Crippen LogP contribution < -0.4 is 0 Å². The van der Waals surface area contributed by atoms with Gasteiger partial charge in [-0.15, -0.1) is 11.3 Å². The molecular weight excluding hydrogens is 333 g/mol. The molecule has 3 nitrogen and oxygen atoms in total. The van der Waals surface area contributed by atoms with Crippen molar-refractivity contribution < 1.29 is 12.8 Å². The van der Waals surface area contributed by atoms with Gasteiger partial charge in [-0.2, -0.15) is 0 Å². The lowest BCUT2D eigenvalue weighted by Gasteiger charge is -2.02. The third-order valence-electron chi connectivity index (χ3n) is 3.25. The number of rotatable bonds is 5. The molecule has 1 aromatic heterocycles. The Bertz CT molecular complexity index is 905. The van der Waals surface area contributed by atoms with Gasteiger partial charge in [-0.05, 0) is 17.7 Å². The number of aromatic nitrogens is 1. The number of thiazole rings is 1.